The molecule has 0 aliphatic heterocycles. The maximum atomic E-state index is 11.9. The molecule has 118 valence electrons. The monoisotopic (exact) mass is 306 g/mol. The lowest BCUT2D eigenvalue weighted by Gasteiger charge is -2.05. The third-order valence-electron chi connectivity index (χ3n) is 2.82. The predicted molar refractivity (Wildman–Crippen MR) is 79.3 cm³/mol. The molecular weight excluding hydrogens is 288 g/mol. The van der Waals surface area contributed by atoms with Gasteiger partial charge in [-0.3, -0.25) is 9.59 Å². The lowest BCUT2D eigenvalue weighted by Crippen LogP contribution is -2.25. The van der Waals surface area contributed by atoms with Crippen molar-refractivity contribution in [2.45, 2.75) is 19.8 Å². The normalized spacial score (nSPS) is 10.8. The van der Waals surface area contributed by atoms with Crippen LogP contribution in [0.15, 0.2) is 29.4 Å². The third-order valence-corrected chi connectivity index (χ3v) is 2.82. The number of amides is 1. The number of hydrazone groups is 1. The van der Waals surface area contributed by atoms with E-state index in [0.717, 1.165) is 5.56 Å². The molecule has 0 radical (unpaired) electrons. The molecule has 1 amide bonds. The second kappa shape index (κ2) is 8.56. The maximum Gasteiger partial charge on any atom is 0.354 e. The summed E-state index contributed by atoms with van der Waals surface area (Å²) in [5.74, 6) is -1.66. The van der Waals surface area contributed by atoms with Gasteiger partial charge in [-0.05, 0) is 19.1 Å². The molecule has 0 unspecified atom stereocenters. The summed E-state index contributed by atoms with van der Waals surface area (Å²) in [6.45, 7) is 1.90. The van der Waals surface area contributed by atoms with Crippen LogP contribution in [0, 0.1) is 6.92 Å². The number of carbonyl (C=O) groups is 3. The Balaban J connectivity index is 2.75. The van der Waals surface area contributed by atoms with Gasteiger partial charge in [-0.2, -0.15) is 5.10 Å². The molecule has 0 aromatic heterocycles. The molecule has 0 atom stereocenters. The van der Waals surface area contributed by atoms with Gasteiger partial charge in [0.25, 0.3) is 5.91 Å². The first kappa shape index (κ1) is 17.4. The van der Waals surface area contributed by atoms with Gasteiger partial charge in [-0.15, -0.1) is 0 Å². The van der Waals surface area contributed by atoms with E-state index in [1.807, 2.05) is 6.92 Å². The molecule has 0 saturated carbocycles. The topological polar surface area (TPSA) is 94.1 Å². The molecule has 1 N–H and O–H groups in total. The van der Waals surface area contributed by atoms with Crippen LogP contribution < -0.4 is 5.43 Å². The number of methoxy groups -OCH3 is 2. The zero-order valence-corrected chi connectivity index (χ0v) is 12.7. The SMILES string of the molecule is COC(=O)CC/C(=N\NC(=O)c1ccc(C)cc1)C(=O)OC. The zero-order valence-electron chi connectivity index (χ0n) is 12.7. The lowest BCUT2D eigenvalue weighted by atomic mass is 10.1. The van der Waals surface area contributed by atoms with Gasteiger partial charge in [0.15, 0.2) is 0 Å². The second-order valence-corrected chi connectivity index (χ2v) is 4.43. The molecule has 0 fully saturated rings. The van der Waals surface area contributed by atoms with E-state index in [4.69, 9.17) is 0 Å². The predicted octanol–water partition coefficient (Wildman–Crippen LogP) is 1.21. The standard InChI is InChI=1S/C15H18N2O5/c1-10-4-6-11(7-5-10)14(19)17-16-12(15(20)22-3)8-9-13(18)21-2/h4-7H,8-9H2,1-3H3,(H,17,19)/b16-12+. The maximum absolute atomic E-state index is 11.9. The molecule has 0 bridgehead atoms. The van der Waals surface area contributed by atoms with E-state index in [1.165, 1.54) is 14.2 Å². The van der Waals surface area contributed by atoms with Crippen molar-refractivity contribution < 1.29 is 23.9 Å². The van der Waals surface area contributed by atoms with Crippen LogP contribution in [0.2, 0.25) is 0 Å². The Bertz CT molecular complexity index is 578. The highest BCUT2D eigenvalue weighted by Crippen LogP contribution is 2.03. The van der Waals surface area contributed by atoms with Crippen LogP contribution in [0.3, 0.4) is 0 Å². The van der Waals surface area contributed by atoms with E-state index >= 15 is 0 Å². The summed E-state index contributed by atoms with van der Waals surface area (Å²) in [7, 11) is 2.44. The largest absolute Gasteiger partial charge is 0.469 e. The Labute approximate surface area is 128 Å². The molecule has 0 aliphatic carbocycles. The van der Waals surface area contributed by atoms with Crippen molar-refractivity contribution in [1.82, 2.24) is 5.43 Å². The van der Waals surface area contributed by atoms with E-state index in [-0.39, 0.29) is 18.6 Å². The Morgan fingerprint density at radius 3 is 2.23 bits per heavy atom. The van der Waals surface area contributed by atoms with Crippen LogP contribution in [-0.2, 0) is 19.1 Å². The molecule has 0 spiro atoms. The van der Waals surface area contributed by atoms with Crippen LogP contribution >= 0.6 is 0 Å². The Kier molecular flexibility index (Phi) is 6.75. The minimum atomic E-state index is -0.715. The van der Waals surface area contributed by atoms with Crippen LogP contribution in [0.25, 0.3) is 0 Å². The highest BCUT2D eigenvalue weighted by atomic mass is 16.5. The first-order chi connectivity index (χ1) is 10.5. The molecule has 1 rings (SSSR count). The average Bonchev–Trinajstić information content (AvgIpc) is 2.54. The summed E-state index contributed by atoms with van der Waals surface area (Å²) >= 11 is 0. The summed E-state index contributed by atoms with van der Waals surface area (Å²) in [5.41, 5.74) is 3.64. The molecular formula is C15H18N2O5. The molecule has 0 heterocycles. The summed E-state index contributed by atoms with van der Waals surface area (Å²) < 4.78 is 9.05. The zero-order chi connectivity index (χ0) is 16.5. The van der Waals surface area contributed by atoms with Gasteiger partial charge in [-0.1, -0.05) is 17.7 Å². The number of carbonyl (C=O) groups excluding carboxylic acids is 3. The van der Waals surface area contributed by atoms with Gasteiger partial charge in [-0.25, -0.2) is 10.2 Å². The van der Waals surface area contributed by atoms with Crippen molar-refractivity contribution in [3.63, 3.8) is 0 Å². The number of hydrogen-bond acceptors (Lipinski definition) is 6. The molecule has 1 aromatic carbocycles. The van der Waals surface area contributed by atoms with Crippen molar-refractivity contribution in [3.8, 4) is 0 Å². The summed E-state index contributed by atoms with van der Waals surface area (Å²) in [6.07, 6.45) is -0.0294. The van der Waals surface area contributed by atoms with Crippen molar-refractivity contribution in [3.05, 3.63) is 35.4 Å². The van der Waals surface area contributed by atoms with E-state index in [1.54, 1.807) is 24.3 Å². The lowest BCUT2D eigenvalue weighted by molar-refractivity contribution is -0.140. The number of benzene rings is 1. The van der Waals surface area contributed by atoms with E-state index < -0.39 is 17.8 Å². The molecule has 7 nitrogen and oxygen atoms in total. The summed E-state index contributed by atoms with van der Waals surface area (Å²) in [4.78, 5) is 34.6. The van der Waals surface area contributed by atoms with E-state index in [2.05, 4.69) is 20.0 Å². The molecule has 0 saturated heterocycles. The van der Waals surface area contributed by atoms with Gasteiger partial charge in [0.05, 0.1) is 20.6 Å². The quantitative estimate of drug-likeness (QED) is 0.484. The number of ether oxygens (including phenoxy) is 2. The van der Waals surface area contributed by atoms with Gasteiger partial charge >= 0.3 is 11.9 Å². The highest BCUT2D eigenvalue weighted by molar-refractivity contribution is 6.36. The Morgan fingerprint density at radius 1 is 1.05 bits per heavy atom. The molecule has 22 heavy (non-hydrogen) atoms. The van der Waals surface area contributed by atoms with Gasteiger partial charge in [0.2, 0.25) is 0 Å². The van der Waals surface area contributed by atoms with Crippen molar-refractivity contribution >= 4 is 23.6 Å². The molecule has 0 aliphatic rings. The van der Waals surface area contributed by atoms with Crippen molar-refractivity contribution in [2.75, 3.05) is 14.2 Å². The average molecular weight is 306 g/mol. The fourth-order valence-electron chi connectivity index (χ4n) is 1.53. The first-order valence-corrected chi connectivity index (χ1v) is 6.56. The van der Waals surface area contributed by atoms with E-state index in [9.17, 15) is 14.4 Å². The number of nitrogens with zero attached hydrogens (tertiary/aromatic N) is 1. The van der Waals surface area contributed by atoms with Crippen LogP contribution in [-0.4, -0.2) is 37.8 Å². The Morgan fingerprint density at radius 2 is 1.68 bits per heavy atom. The second-order valence-electron chi connectivity index (χ2n) is 4.43. The minimum Gasteiger partial charge on any atom is -0.469 e. The fourth-order valence-corrected chi connectivity index (χ4v) is 1.53. The number of hydrogen-bond donors (Lipinski definition) is 1. The van der Waals surface area contributed by atoms with Crippen molar-refractivity contribution in [1.29, 1.82) is 0 Å². The Hall–Kier alpha value is -2.70. The highest BCUT2D eigenvalue weighted by Gasteiger charge is 2.15. The number of aryl methyl sites for hydroxylation is 1. The van der Waals surface area contributed by atoms with Gasteiger partial charge in [0.1, 0.15) is 5.71 Å². The third kappa shape index (κ3) is 5.35. The van der Waals surface area contributed by atoms with Crippen LogP contribution in [0.4, 0.5) is 0 Å². The number of esters is 2. The summed E-state index contributed by atoms with van der Waals surface area (Å²) in [6, 6.07) is 6.87. The molecule has 1 aromatic rings. The van der Waals surface area contributed by atoms with Crippen LogP contribution in [0.1, 0.15) is 28.8 Å². The minimum absolute atomic E-state index is 0.00746. The van der Waals surface area contributed by atoms with Crippen LogP contribution in [0.5, 0.6) is 0 Å². The summed E-state index contributed by atoms with van der Waals surface area (Å²) in [5, 5.41) is 3.73. The number of rotatable bonds is 6. The van der Waals surface area contributed by atoms with E-state index in [0.29, 0.717) is 5.56 Å². The fraction of sp³-hybridized carbons (Fsp3) is 0.333. The van der Waals surface area contributed by atoms with Crippen molar-refractivity contribution in [2.24, 2.45) is 5.10 Å². The van der Waals surface area contributed by atoms with Gasteiger partial charge < -0.3 is 9.47 Å². The molecule has 7 heteroatoms. The first-order valence-electron chi connectivity index (χ1n) is 6.56. The number of nitrogens with one attached hydrogen (secondary N) is 1. The smallest absolute Gasteiger partial charge is 0.354 e. The van der Waals surface area contributed by atoms with Gasteiger partial charge in [0, 0.05) is 12.0 Å².